The Kier molecular flexibility index (Phi) is 5.24. The number of piperazine rings is 1. The van der Waals surface area contributed by atoms with Gasteiger partial charge in [0.2, 0.25) is 5.91 Å². The number of fused-ring (bicyclic) bond motifs is 1. The van der Waals surface area contributed by atoms with Crippen molar-refractivity contribution in [2.45, 2.75) is 13.0 Å². The molecular weight excluding hydrogens is 382 g/mol. The average Bonchev–Trinajstić information content (AvgIpc) is 3.16. The van der Waals surface area contributed by atoms with Gasteiger partial charge in [0.1, 0.15) is 17.0 Å². The molecule has 8 heteroatoms. The van der Waals surface area contributed by atoms with Gasteiger partial charge in [-0.3, -0.25) is 9.69 Å². The number of nitrogens with one attached hydrogen (secondary N) is 1. The molecule has 2 aromatic heterocycles. The van der Waals surface area contributed by atoms with Gasteiger partial charge in [-0.1, -0.05) is 17.7 Å². The summed E-state index contributed by atoms with van der Waals surface area (Å²) in [5.74, 6) is 0.963. The molecule has 1 fully saturated rings. The highest BCUT2D eigenvalue weighted by molar-refractivity contribution is 7.16. The Morgan fingerprint density at radius 3 is 2.81 bits per heavy atom. The third-order valence-corrected chi connectivity index (χ3v) is 5.93. The molecule has 0 bridgehead atoms. The minimum atomic E-state index is -0.210. The van der Waals surface area contributed by atoms with E-state index in [1.54, 1.807) is 29.8 Å². The van der Waals surface area contributed by atoms with Crippen LogP contribution in [0.15, 0.2) is 42.0 Å². The van der Waals surface area contributed by atoms with Crippen LogP contribution in [0.4, 0.5) is 11.5 Å². The number of nitrogens with zero attached hydrogens (tertiary/aromatic N) is 4. The van der Waals surface area contributed by atoms with Crippen molar-refractivity contribution in [2.75, 3.05) is 36.4 Å². The highest BCUT2D eigenvalue weighted by Crippen LogP contribution is 2.27. The van der Waals surface area contributed by atoms with Crippen LogP contribution in [0.2, 0.25) is 5.02 Å². The number of halogens is 1. The molecular formula is C19H20ClN5OS. The Labute approximate surface area is 166 Å². The lowest BCUT2D eigenvalue weighted by Crippen LogP contribution is -2.53. The Balaban J connectivity index is 1.38. The van der Waals surface area contributed by atoms with Crippen LogP contribution in [0.1, 0.15) is 6.92 Å². The number of carbonyl (C=O) groups excluding carboxylic acids is 1. The fraction of sp³-hybridized carbons (Fsp3) is 0.316. The van der Waals surface area contributed by atoms with Crippen molar-refractivity contribution >= 4 is 50.6 Å². The number of amides is 1. The normalized spacial score (nSPS) is 16.4. The number of aromatic nitrogens is 2. The maximum absolute atomic E-state index is 12.6. The smallest absolute Gasteiger partial charge is 0.241 e. The lowest BCUT2D eigenvalue weighted by atomic mass is 10.2. The van der Waals surface area contributed by atoms with E-state index in [4.69, 9.17) is 11.6 Å². The summed E-state index contributed by atoms with van der Waals surface area (Å²) in [6.07, 6.45) is 1.63. The van der Waals surface area contributed by atoms with Crippen LogP contribution in [0.5, 0.6) is 0 Å². The molecule has 0 radical (unpaired) electrons. The number of rotatable bonds is 4. The molecule has 1 amide bonds. The van der Waals surface area contributed by atoms with E-state index in [-0.39, 0.29) is 11.9 Å². The number of anilines is 2. The summed E-state index contributed by atoms with van der Waals surface area (Å²) in [7, 11) is 0. The number of hydrogen-bond donors (Lipinski definition) is 1. The first-order chi connectivity index (χ1) is 13.1. The summed E-state index contributed by atoms with van der Waals surface area (Å²) in [5, 5.41) is 6.70. The summed E-state index contributed by atoms with van der Waals surface area (Å²) >= 11 is 7.61. The fourth-order valence-corrected chi connectivity index (χ4v) is 4.25. The third-order valence-electron chi connectivity index (χ3n) is 4.87. The maximum Gasteiger partial charge on any atom is 0.241 e. The van der Waals surface area contributed by atoms with E-state index >= 15 is 0 Å². The van der Waals surface area contributed by atoms with Gasteiger partial charge in [0, 0.05) is 36.9 Å². The largest absolute Gasteiger partial charge is 0.353 e. The van der Waals surface area contributed by atoms with E-state index in [1.807, 2.05) is 24.4 Å². The van der Waals surface area contributed by atoms with Crippen LogP contribution >= 0.6 is 22.9 Å². The Morgan fingerprint density at radius 2 is 2.04 bits per heavy atom. The lowest BCUT2D eigenvalue weighted by Gasteiger charge is -2.38. The fourth-order valence-electron chi connectivity index (χ4n) is 3.33. The highest BCUT2D eigenvalue weighted by Gasteiger charge is 2.27. The van der Waals surface area contributed by atoms with Gasteiger partial charge in [-0.2, -0.15) is 0 Å². The summed E-state index contributed by atoms with van der Waals surface area (Å²) in [5.41, 5.74) is 0.721. The van der Waals surface area contributed by atoms with Crippen molar-refractivity contribution in [1.29, 1.82) is 0 Å². The van der Waals surface area contributed by atoms with Crippen molar-refractivity contribution < 1.29 is 4.79 Å². The van der Waals surface area contributed by atoms with Gasteiger partial charge in [0.25, 0.3) is 0 Å². The van der Waals surface area contributed by atoms with E-state index < -0.39 is 0 Å². The van der Waals surface area contributed by atoms with Crippen molar-refractivity contribution in [2.24, 2.45) is 0 Å². The molecule has 140 valence electrons. The molecule has 1 aliphatic heterocycles. The zero-order valence-corrected chi connectivity index (χ0v) is 16.5. The van der Waals surface area contributed by atoms with Gasteiger partial charge in [0.15, 0.2) is 0 Å². The van der Waals surface area contributed by atoms with Gasteiger partial charge >= 0.3 is 0 Å². The van der Waals surface area contributed by atoms with E-state index in [9.17, 15) is 4.79 Å². The first-order valence-electron chi connectivity index (χ1n) is 8.85. The lowest BCUT2D eigenvalue weighted by molar-refractivity contribution is -0.120. The van der Waals surface area contributed by atoms with Crippen LogP contribution in [-0.4, -0.2) is 53.0 Å². The molecule has 1 aliphatic rings. The van der Waals surface area contributed by atoms with Crippen LogP contribution in [0.3, 0.4) is 0 Å². The molecule has 6 nitrogen and oxygen atoms in total. The Bertz CT molecular complexity index is 954. The molecule has 4 rings (SSSR count). The molecule has 1 atom stereocenters. The van der Waals surface area contributed by atoms with E-state index in [1.165, 1.54) is 0 Å². The molecule has 3 heterocycles. The summed E-state index contributed by atoms with van der Waals surface area (Å²) in [4.78, 5) is 26.9. The van der Waals surface area contributed by atoms with Crippen LogP contribution in [-0.2, 0) is 4.79 Å². The predicted octanol–water partition coefficient (Wildman–Crippen LogP) is 3.49. The number of thiophene rings is 1. The zero-order valence-electron chi connectivity index (χ0n) is 14.9. The second kappa shape index (κ2) is 7.80. The molecule has 1 unspecified atom stereocenters. The van der Waals surface area contributed by atoms with E-state index in [2.05, 4.69) is 31.2 Å². The second-order valence-corrected chi connectivity index (χ2v) is 7.87. The molecule has 3 aromatic rings. The van der Waals surface area contributed by atoms with Crippen molar-refractivity contribution in [3.63, 3.8) is 0 Å². The average molecular weight is 402 g/mol. The third kappa shape index (κ3) is 3.90. The van der Waals surface area contributed by atoms with Crippen LogP contribution in [0, 0.1) is 0 Å². The summed E-state index contributed by atoms with van der Waals surface area (Å²) in [6, 6.07) is 9.08. The molecule has 0 aliphatic carbocycles. The van der Waals surface area contributed by atoms with Crippen molar-refractivity contribution in [1.82, 2.24) is 14.9 Å². The Hall–Kier alpha value is -2.22. The monoisotopic (exact) mass is 401 g/mol. The van der Waals surface area contributed by atoms with Crippen LogP contribution in [0.25, 0.3) is 10.2 Å². The maximum atomic E-state index is 12.6. The zero-order chi connectivity index (χ0) is 18.8. The first kappa shape index (κ1) is 18.2. The summed E-state index contributed by atoms with van der Waals surface area (Å²) < 4.78 is 0. The second-order valence-electron chi connectivity index (χ2n) is 6.54. The highest BCUT2D eigenvalue weighted by atomic mass is 35.5. The van der Waals surface area contributed by atoms with Crippen molar-refractivity contribution in [3.05, 3.63) is 47.1 Å². The minimum absolute atomic E-state index is 0.0204. The molecule has 0 spiro atoms. The predicted molar refractivity (Wildman–Crippen MR) is 111 cm³/mol. The van der Waals surface area contributed by atoms with Gasteiger partial charge in [-0.15, -0.1) is 11.3 Å². The standard InChI is InChI=1S/C19H20ClN5OS/c1-13(18(26)23-15-4-2-3-14(20)11-15)24-6-8-25(9-7-24)17-16-5-10-27-19(16)22-12-21-17/h2-5,10-13H,6-9H2,1H3,(H,23,26). The van der Waals surface area contributed by atoms with Gasteiger partial charge < -0.3 is 10.2 Å². The molecule has 1 saturated heterocycles. The summed E-state index contributed by atoms with van der Waals surface area (Å²) in [6.45, 7) is 5.21. The Morgan fingerprint density at radius 1 is 1.22 bits per heavy atom. The molecule has 1 aromatic carbocycles. The topological polar surface area (TPSA) is 61.4 Å². The number of carbonyl (C=O) groups is 1. The quantitative estimate of drug-likeness (QED) is 0.725. The van der Waals surface area contributed by atoms with Gasteiger partial charge in [-0.25, -0.2) is 9.97 Å². The van der Waals surface area contributed by atoms with Gasteiger partial charge in [-0.05, 0) is 36.6 Å². The first-order valence-corrected chi connectivity index (χ1v) is 10.1. The SMILES string of the molecule is CC(C(=O)Nc1cccc(Cl)c1)N1CCN(c2ncnc3sccc23)CC1. The molecule has 0 saturated carbocycles. The van der Waals surface area contributed by atoms with Gasteiger partial charge in [0.05, 0.1) is 11.4 Å². The number of hydrogen-bond acceptors (Lipinski definition) is 6. The van der Waals surface area contributed by atoms with E-state index in [0.29, 0.717) is 5.02 Å². The molecule has 1 N–H and O–H groups in total. The molecule has 27 heavy (non-hydrogen) atoms. The van der Waals surface area contributed by atoms with E-state index in [0.717, 1.165) is 47.9 Å². The number of benzene rings is 1. The van der Waals surface area contributed by atoms with Crippen molar-refractivity contribution in [3.8, 4) is 0 Å². The minimum Gasteiger partial charge on any atom is -0.353 e. The van der Waals surface area contributed by atoms with Crippen LogP contribution < -0.4 is 10.2 Å².